The van der Waals surface area contributed by atoms with Gasteiger partial charge >= 0.3 is 6.04 Å². The van der Waals surface area contributed by atoms with Crippen LogP contribution in [0.15, 0.2) is 24.3 Å². The molecule has 0 saturated heterocycles. The summed E-state index contributed by atoms with van der Waals surface area (Å²) in [6.07, 6.45) is 0. The fraction of sp³-hybridized carbons (Fsp3) is 0. The van der Waals surface area contributed by atoms with Gasteiger partial charge in [0.1, 0.15) is 0 Å². The lowest BCUT2D eigenvalue weighted by Gasteiger charge is -1.98. The number of carbonyl (C=O) groups excluding carboxylic acids is 2. The van der Waals surface area contributed by atoms with Gasteiger partial charge in [0, 0.05) is 0 Å². The first-order valence-electron chi connectivity index (χ1n) is 3.21. The summed E-state index contributed by atoms with van der Waals surface area (Å²) in [5.74, 6) is -0.809. The molecule has 0 spiro atoms. The van der Waals surface area contributed by atoms with Gasteiger partial charge in [0.05, 0.1) is 11.1 Å². The SMILES string of the molecule is NC(=O)c1ccccc1C(=O)F. The van der Waals surface area contributed by atoms with Crippen LogP contribution in [0.1, 0.15) is 20.7 Å². The van der Waals surface area contributed by atoms with Gasteiger partial charge in [-0.05, 0) is 12.1 Å². The molecule has 0 aromatic heterocycles. The zero-order chi connectivity index (χ0) is 9.14. The van der Waals surface area contributed by atoms with E-state index >= 15 is 0 Å². The van der Waals surface area contributed by atoms with Crippen LogP contribution in [0.2, 0.25) is 0 Å². The quantitative estimate of drug-likeness (QED) is 0.665. The highest BCUT2D eigenvalue weighted by Crippen LogP contribution is 2.08. The molecule has 4 heteroatoms. The molecule has 0 heterocycles. The van der Waals surface area contributed by atoms with Crippen molar-refractivity contribution < 1.29 is 14.0 Å². The van der Waals surface area contributed by atoms with Gasteiger partial charge in [-0.25, -0.2) is 0 Å². The Morgan fingerprint density at radius 3 is 2.00 bits per heavy atom. The number of halogens is 1. The second kappa shape index (κ2) is 3.13. The molecule has 12 heavy (non-hydrogen) atoms. The number of carbonyl (C=O) groups is 2. The van der Waals surface area contributed by atoms with E-state index in [2.05, 4.69) is 0 Å². The molecule has 0 aliphatic heterocycles. The number of benzene rings is 1. The average Bonchev–Trinajstić information content (AvgIpc) is 2.04. The van der Waals surface area contributed by atoms with E-state index in [1.807, 2.05) is 0 Å². The highest BCUT2D eigenvalue weighted by atomic mass is 19.1. The smallest absolute Gasteiger partial charge is 0.332 e. The minimum absolute atomic E-state index is 0.0926. The van der Waals surface area contributed by atoms with Crippen LogP contribution in [-0.4, -0.2) is 11.9 Å². The first-order chi connectivity index (χ1) is 5.63. The lowest BCUT2D eigenvalue weighted by molar-refractivity contribution is 0.0828. The van der Waals surface area contributed by atoms with E-state index in [4.69, 9.17) is 5.73 Å². The third-order valence-electron chi connectivity index (χ3n) is 1.40. The number of amides is 1. The third-order valence-corrected chi connectivity index (χ3v) is 1.40. The van der Waals surface area contributed by atoms with Crippen molar-refractivity contribution in [1.82, 2.24) is 0 Å². The fourth-order valence-corrected chi connectivity index (χ4v) is 0.869. The minimum atomic E-state index is -1.65. The maximum absolute atomic E-state index is 12.2. The summed E-state index contributed by atoms with van der Waals surface area (Å²) in [6, 6.07) is 3.83. The zero-order valence-electron chi connectivity index (χ0n) is 6.08. The van der Waals surface area contributed by atoms with E-state index in [0.29, 0.717) is 0 Å². The molecule has 62 valence electrons. The maximum atomic E-state index is 12.2. The van der Waals surface area contributed by atoms with Gasteiger partial charge in [0.2, 0.25) is 5.91 Å². The van der Waals surface area contributed by atoms with Crippen LogP contribution in [0.4, 0.5) is 4.39 Å². The summed E-state index contributed by atoms with van der Waals surface area (Å²) in [7, 11) is 0. The van der Waals surface area contributed by atoms with Crippen molar-refractivity contribution in [2.45, 2.75) is 0 Å². The molecular weight excluding hydrogens is 161 g/mol. The van der Waals surface area contributed by atoms with Crippen LogP contribution in [0.3, 0.4) is 0 Å². The Bertz CT molecular complexity index is 303. The van der Waals surface area contributed by atoms with Gasteiger partial charge < -0.3 is 5.73 Å². The molecule has 0 aliphatic rings. The van der Waals surface area contributed by atoms with E-state index < -0.39 is 11.9 Å². The molecule has 0 saturated carbocycles. The van der Waals surface area contributed by atoms with Crippen LogP contribution < -0.4 is 5.73 Å². The molecule has 0 fully saturated rings. The molecule has 3 nitrogen and oxygen atoms in total. The highest BCUT2D eigenvalue weighted by Gasteiger charge is 2.12. The number of nitrogens with two attached hydrogens (primary N) is 1. The summed E-state index contributed by atoms with van der Waals surface area (Å²) in [5, 5.41) is 0. The summed E-state index contributed by atoms with van der Waals surface area (Å²) < 4.78 is 12.2. The van der Waals surface area contributed by atoms with Gasteiger partial charge in [-0.15, -0.1) is 0 Å². The predicted molar refractivity (Wildman–Crippen MR) is 40.4 cm³/mol. The van der Waals surface area contributed by atoms with E-state index in [0.717, 1.165) is 0 Å². The Morgan fingerprint density at radius 1 is 1.17 bits per heavy atom. The standard InChI is InChI=1S/C8H6FNO2/c9-7(11)5-3-1-2-4-6(5)8(10)12/h1-4H,(H2,10,12). The van der Waals surface area contributed by atoms with Gasteiger partial charge in [0.25, 0.3) is 0 Å². The Morgan fingerprint density at radius 2 is 1.67 bits per heavy atom. The van der Waals surface area contributed by atoms with Crippen molar-refractivity contribution in [1.29, 1.82) is 0 Å². The van der Waals surface area contributed by atoms with Crippen LogP contribution in [0.25, 0.3) is 0 Å². The Balaban J connectivity index is 3.27. The molecule has 0 bridgehead atoms. The van der Waals surface area contributed by atoms with Crippen molar-refractivity contribution in [3.8, 4) is 0 Å². The first kappa shape index (κ1) is 8.39. The molecule has 0 radical (unpaired) electrons. The molecule has 0 unspecified atom stereocenters. The zero-order valence-corrected chi connectivity index (χ0v) is 6.08. The van der Waals surface area contributed by atoms with Crippen molar-refractivity contribution in [2.24, 2.45) is 5.73 Å². The number of rotatable bonds is 2. The second-order valence-corrected chi connectivity index (χ2v) is 2.18. The van der Waals surface area contributed by atoms with Crippen LogP contribution in [0.5, 0.6) is 0 Å². The number of hydrogen-bond donors (Lipinski definition) is 1. The fourth-order valence-electron chi connectivity index (χ4n) is 0.869. The topological polar surface area (TPSA) is 60.2 Å². The van der Waals surface area contributed by atoms with Crippen molar-refractivity contribution >= 4 is 11.9 Å². The van der Waals surface area contributed by atoms with Crippen molar-refractivity contribution in [3.05, 3.63) is 35.4 Å². The van der Waals surface area contributed by atoms with E-state index in [1.54, 1.807) is 0 Å². The average molecular weight is 167 g/mol. The number of hydrogen-bond acceptors (Lipinski definition) is 2. The molecule has 1 amide bonds. The largest absolute Gasteiger partial charge is 0.366 e. The molecule has 2 N–H and O–H groups in total. The molecule has 1 aromatic rings. The molecular formula is C8H6FNO2. The molecule has 1 aromatic carbocycles. The van der Waals surface area contributed by atoms with Crippen LogP contribution >= 0.6 is 0 Å². The van der Waals surface area contributed by atoms with Gasteiger partial charge in [0.15, 0.2) is 0 Å². The normalized spacial score (nSPS) is 9.42. The van der Waals surface area contributed by atoms with Crippen LogP contribution in [0, 0.1) is 0 Å². The van der Waals surface area contributed by atoms with Crippen molar-refractivity contribution in [2.75, 3.05) is 0 Å². The Labute approximate surface area is 68.0 Å². The highest BCUT2D eigenvalue weighted by molar-refractivity contribution is 6.04. The number of primary amides is 1. The Hall–Kier alpha value is -1.71. The van der Waals surface area contributed by atoms with E-state index in [1.165, 1.54) is 24.3 Å². The van der Waals surface area contributed by atoms with Crippen molar-refractivity contribution in [3.63, 3.8) is 0 Å². The summed E-state index contributed by atoms with van der Waals surface area (Å²) in [4.78, 5) is 20.9. The van der Waals surface area contributed by atoms with Gasteiger partial charge in [-0.3, -0.25) is 9.59 Å². The first-order valence-corrected chi connectivity index (χ1v) is 3.21. The minimum Gasteiger partial charge on any atom is -0.366 e. The lowest BCUT2D eigenvalue weighted by Crippen LogP contribution is -2.14. The monoisotopic (exact) mass is 167 g/mol. The third kappa shape index (κ3) is 1.47. The predicted octanol–water partition coefficient (Wildman–Crippen LogP) is 0.895. The van der Waals surface area contributed by atoms with Gasteiger partial charge in [-0.2, -0.15) is 4.39 Å². The molecule has 0 atom stereocenters. The van der Waals surface area contributed by atoms with E-state index in [9.17, 15) is 14.0 Å². The van der Waals surface area contributed by atoms with Gasteiger partial charge in [-0.1, -0.05) is 12.1 Å². The molecule has 1 rings (SSSR count). The van der Waals surface area contributed by atoms with E-state index in [-0.39, 0.29) is 11.1 Å². The molecule has 0 aliphatic carbocycles. The lowest BCUT2D eigenvalue weighted by atomic mass is 10.1. The maximum Gasteiger partial charge on any atom is 0.332 e. The second-order valence-electron chi connectivity index (χ2n) is 2.18. The van der Waals surface area contributed by atoms with Crippen LogP contribution in [-0.2, 0) is 0 Å². The summed E-state index contributed by atoms with van der Waals surface area (Å²) >= 11 is 0. The summed E-state index contributed by atoms with van der Waals surface area (Å²) in [5.41, 5.74) is 4.51. The Kier molecular flexibility index (Phi) is 2.19. The summed E-state index contributed by atoms with van der Waals surface area (Å²) in [6.45, 7) is 0.